The minimum Gasteiger partial charge on any atom is -0.495 e. The van der Waals surface area contributed by atoms with Gasteiger partial charge in [0.15, 0.2) is 6.61 Å². The van der Waals surface area contributed by atoms with Crippen molar-refractivity contribution in [2.75, 3.05) is 24.4 Å². The van der Waals surface area contributed by atoms with Crippen molar-refractivity contribution in [3.05, 3.63) is 74.9 Å². The van der Waals surface area contributed by atoms with E-state index < -0.39 is 18.5 Å². The van der Waals surface area contributed by atoms with E-state index >= 15 is 0 Å². The Labute approximate surface area is 187 Å². The second-order valence-electron chi connectivity index (χ2n) is 6.44. The molecule has 2 amide bonds. The van der Waals surface area contributed by atoms with Gasteiger partial charge in [0.25, 0.3) is 11.8 Å². The second-order valence-corrected chi connectivity index (χ2v) is 7.79. The number of hydrogen-bond acceptors (Lipinski definition) is 6. The Hall–Kier alpha value is -3.36. The van der Waals surface area contributed by atoms with Gasteiger partial charge in [-0.25, -0.2) is 4.79 Å². The van der Waals surface area contributed by atoms with E-state index in [-0.39, 0.29) is 11.5 Å². The summed E-state index contributed by atoms with van der Waals surface area (Å²) in [6.07, 6.45) is 0. The highest BCUT2D eigenvalue weighted by molar-refractivity contribution is 7.12. The molecule has 0 aliphatic carbocycles. The van der Waals surface area contributed by atoms with Crippen LogP contribution in [0.2, 0.25) is 5.02 Å². The number of rotatable bonds is 7. The molecule has 0 spiro atoms. The summed E-state index contributed by atoms with van der Waals surface area (Å²) in [5.74, 6) is -1.10. The molecular weight excluding hydrogens is 440 g/mol. The highest BCUT2D eigenvalue weighted by Crippen LogP contribution is 2.30. The predicted molar refractivity (Wildman–Crippen MR) is 120 cm³/mol. The van der Waals surface area contributed by atoms with Gasteiger partial charge in [0.1, 0.15) is 5.75 Å². The van der Waals surface area contributed by atoms with Gasteiger partial charge in [-0.05, 0) is 48.2 Å². The normalized spacial score (nSPS) is 10.3. The summed E-state index contributed by atoms with van der Waals surface area (Å²) in [5.41, 5.74) is 1.83. The number of ether oxygens (including phenoxy) is 2. The molecule has 0 aliphatic rings. The maximum absolute atomic E-state index is 12.3. The highest BCUT2D eigenvalue weighted by atomic mass is 35.5. The molecule has 0 atom stereocenters. The molecule has 9 heteroatoms. The molecule has 31 heavy (non-hydrogen) atoms. The summed E-state index contributed by atoms with van der Waals surface area (Å²) < 4.78 is 10.3. The molecule has 0 aliphatic heterocycles. The van der Waals surface area contributed by atoms with Crippen LogP contribution in [0, 0.1) is 6.92 Å². The smallest absolute Gasteiger partial charge is 0.338 e. The van der Waals surface area contributed by atoms with Crippen molar-refractivity contribution < 1.29 is 23.9 Å². The summed E-state index contributed by atoms with van der Waals surface area (Å²) >= 11 is 7.37. The lowest BCUT2D eigenvalue weighted by atomic mass is 10.2. The molecule has 3 rings (SSSR count). The van der Waals surface area contributed by atoms with Gasteiger partial charge in [-0.2, -0.15) is 0 Å². The Morgan fingerprint density at radius 3 is 2.58 bits per heavy atom. The molecule has 1 aromatic heterocycles. The number of carbonyl (C=O) groups excluding carboxylic acids is 3. The first kappa shape index (κ1) is 22.3. The van der Waals surface area contributed by atoms with Crippen molar-refractivity contribution in [2.24, 2.45) is 0 Å². The SMILES string of the molecule is COc1cc(Cl)c(C)cc1NC(=O)COC(=O)c1cccc(NC(=O)c2cccs2)c1. The quantitative estimate of drug-likeness (QED) is 0.497. The van der Waals surface area contributed by atoms with Gasteiger partial charge in [0, 0.05) is 16.8 Å². The lowest BCUT2D eigenvalue weighted by molar-refractivity contribution is -0.119. The lowest BCUT2D eigenvalue weighted by Gasteiger charge is -2.12. The van der Waals surface area contributed by atoms with E-state index in [0.29, 0.717) is 27.0 Å². The summed E-state index contributed by atoms with van der Waals surface area (Å²) in [7, 11) is 1.46. The van der Waals surface area contributed by atoms with E-state index in [1.807, 2.05) is 0 Å². The summed E-state index contributed by atoms with van der Waals surface area (Å²) in [5, 5.41) is 7.66. The predicted octanol–water partition coefficient (Wildman–Crippen LogP) is 4.77. The zero-order chi connectivity index (χ0) is 22.4. The number of thiophene rings is 1. The topological polar surface area (TPSA) is 93.7 Å². The largest absolute Gasteiger partial charge is 0.495 e. The first-order chi connectivity index (χ1) is 14.9. The number of carbonyl (C=O) groups is 3. The third-order valence-corrected chi connectivity index (χ3v) is 5.47. The van der Waals surface area contributed by atoms with Gasteiger partial charge in [0.2, 0.25) is 0 Å². The fourth-order valence-electron chi connectivity index (χ4n) is 2.65. The Bertz CT molecular complexity index is 1120. The van der Waals surface area contributed by atoms with Gasteiger partial charge in [-0.15, -0.1) is 11.3 Å². The van der Waals surface area contributed by atoms with Crippen molar-refractivity contribution in [3.8, 4) is 5.75 Å². The molecular formula is C22H19ClN2O5S. The number of aryl methyl sites for hydroxylation is 1. The van der Waals surface area contributed by atoms with Gasteiger partial charge in [0.05, 0.1) is 23.2 Å². The van der Waals surface area contributed by atoms with Crippen molar-refractivity contribution in [1.29, 1.82) is 0 Å². The lowest BCUT2D eigenvalue weighted by Crippen LogP contribution is -2.21. The fraction of sp³-hybridized carbons (Fsp3) is 0.136. The van der Waals surface area contributed by atoms with Crippen molar-refractivity contribution >= 4 is 52.1 Å². The monoisotopic (exact) mass is 458 g/mol. The maximum atomic E-state index is 12.3. The van der Waals surface area contributed by atoms with E-state index in [1.54, 1.807) is 48.7 Å². The van der Waals surface area contributed by atoms with Crippen LogP contribution in [0.3, 0.4) is 0 Å². The summed E-state index contributed by atoms with van der Waals surface area (Å²) in [4.78, 5) is 37.3. The van der Waals surface area contributed by atoms with Crippen LogP contribution in [-0.2, 0) is 9.53 Å². The number of esters is 1. The standard InChI is InChI=1S/C22H19ClN2O5S/c1-13-9-17(18(29-2)11-16(13)23)25-20(26)12-30-22(28)14-5-3-6-15(10-14)24-21(27)19-7-4-8-31-19/h3-11H,12H2,1-2H3,(H,24,27)(H,25,26). The molecule has 2 N–H and O–H groups in total. The van der Waals surface area contributed by atoms with Crippen molar-refractivity contribution in [1.82, 2.24) is 0 Å². The molecule has 160 valence electrons. The zero-order valence-electron chi connectivity index (χ0n) is 16.7. The van der Waals surface area contributed by atoms with Crippen LogP contribution in [0.4, 0.5) is 11.4 Å². The summed E-state index contributed by atoms with van der Waals surface area (Å²) in [6, 6.07) is 13.0. The van der Waals surface area contributed by atoms with Crippen LogP contribution in [0.1, 0.15) is 25.6 Å². The molecule has 3 aromatic rings. The minimum absolute atomic E-state index is 0.205. The van der Waals surface area contributed by atoms with Gasteiger partial charge in [-0.3, -0.25) is 9.59 Å². The average molecular weight is 459 g/mol. The Balaban J connectivity index is 1.59. The zero-order valence-corrected chi connectivity index (χ0v) is 18.3. The van der Waals surface area contributed by atoms with Gasteiger partial charge < -0.3 is 20.1 Å². The van der Waals surface area contributed by atoms with Crippen molar-refractivity contribution in [2.45, 2.75) is 6.92 Å². The Morgan fingerprint density at radius 1 is 1.06 bits per heavy atom. The third kappa shape index (κ3) is 5.84. The van der Waals surface area contributed by atoms with Crippen LogP contribution in [-0.4, -0.2) is 31.5 Å². The summed E-state index contributed by atoms with van der Waals surface area (Å²) in [6.45, 7) is 1.30. The highest BCUT2D eigenvalue weighted by Gasteiger charge is 2.15. The van der Waals surface area contributed by atoms with E-state index in [9.17, 15) is 14.4 Å². The molecule has 0 unspecified atom stereocenters. The molecule has 0 fully saturated rings. The van der Waals surface area contributed by atoms with Gasteiger partial charge >= 0.3 is 5.97 Å². The number of anilines is 2. The van der Waals surface area contributed by atoms with E-state index in [0.717, 1.165) is 5.56 Å². The first-order valence-electron chi connectivity index (χ1n) is 9.13. The number of nitrogens with one attached hydrogen (secondary N) is 2. The van der Waals surface area contributed by atoms with Crippen LogP contribution in [0.5, 0.6) is 5.75 Å². The number of halogens is 1. The second kappa shape index (κ2) is 10.1. The van der Waals surface area contributed by atoms with Crippen LogP contribution >= 0.6 is 22.9 Å². The van der Waals surface area contributed by atoms with E-state index in [1.165, 1.54) is 30.6 Å². The van der Waals surface area contributed by atoms with Crippen LogP contribution < -0.4 is 15.4 Å². The molecule has 0 bridgehead atoms. The maximum Gasteiger partial charge on any atom is 0.338 e. The van der Waals surface area contributed by atoms with Crippen molar-refractivity contribution in [3.63, 3.8) is 0 Å². The van der Waals surface area contributed by atoms with Crippen LogP contribution in [0.25, 0.3) is 0 Å². The average Bonchev–Trinajstić information content (AvgIpc) is 3.30. The molecule has 2 aromatic carbocycles. The number of hydrogen-bond donors (Lipinski definition) is 2. The first-order valence-corrected chi connectivity index (χ1v) is 10.4. The van der Waals surface area contributed by atoms with Crippen LogP contribution in [0.15, 0.2) is 53.9 Å². The van der Waals surface area contributed by atoms with E-state index in [2.05, 4.69) is 10.6 Å². The molecule has 0 saturated heterocycles. The molecule has 0 radical (unpaired) electrons. The fourth-order valence-corrected chi connectivity index (χ4v) is 3.43. The Morgan fingerprint density at radius 2 is 1.87 bits per heavy atom. The number of amides is 2. The molecule has 1 heterocycles. The Kier molecular flexibility index (Phi) is 7.28. The number of benzene rings is 2. The van der Waals surface area contributed by atoms with E-state index in [4.69, 9.17) is 21.1 Å². The number of methoxy groups -OCH3 is 1. The third-order valence-electron chi connectivity index (χ3n) is 4.19. The van der Waals surface area contributed by atoms with Gasteiger partial charge in [-0.1, -0.05) is 23.7 Å². The molecule has 7 nitrogen and oxygen atoms in total. The minimum atomic E-state index is -0.693. The molecule has 0 saturated carbocycles.